The summed E-state index contributed by atoms with van der Waals surface area (Å²) < 4.78 is 0. The molecule has 0 bridgehead atoms. The summed E-state index contributed by atoms with van der Waals surface area (Å²) in [5.41, 5.74) is 1.96. The van der Waals surface area contributed by atoms with E-state index in [0.717, 1.165) is 11.3 Å². The monoisotopic (exact) mass is 236 g/mol. The molecule has 2 rings (SSSR count). The highest BCUT2D eigenvalue weighted by Crippen LogP contribution is 2.30. The summed E-state index contributed by atoms with van der Waals surface area (Å²) in [4.78, 5) is 11.9. The lowest BCUT2D eigenvalue weighted by Crippen LogP contribution is -2.37. The third-order valence-electron chi connectivity index (χ3n) is 2.87. The van der Waals surface area contributed by atoms with Gasteiger partial charge in [-0.3, -0.25) is 4.79 Å². The Balaban J connectivity index is 1.98. The fraction of sp³-hybridized carbons (Fsp3) is 0.417. The highest BCUT2D eigenvalue weighted by molar-refractivity contribution is 5.88. The molecule has 1 aromatic rings. The van der Waals surface area contributed by atoms with Crippen LogP contribution < -0.4 is 10.6 Å². The summed E-state index contributed by atoms with van der Waals surface area (Å²) in [7, 11) is 0. The van der Waals surface area contributed by atoms with Crippen LogP contribution >= 0.6 is 0 Å². The molecule has 92 valence electrons. The number of hydrogen-bond donors (Lipinski definition) is 4. The van der Waals surface area contributed by atoms with Gasteiger partial charge in [0.05, 0.1) is 18.6 Å². The van der Waals surface area contributed by atoms with Crippen molar-refractivity contribution in [1.29, 1.82) is 0 Å². The second-order valence-electron chi connectivity index (χ2n) is 4.10. The topological polar surface area (TPSA) is 81.6 Å². The van der Waals surface area contributed by atoms with Crippen LogP contribution in [0.15, 0.2) is 24.3 Å². The van der Waals surface area contributed by atoms with Crippen LogP contribution in [0.2, 0.25) is 0 Å². The van der Waals surface area contributed by atoms with Gasteiger partial charge in [0.1, 0.15) is 0 Å². The molecule has 0 radical (unpaired) electrons. The molecule has 1 aromatic carbocycles. The van der Waals surface area contributed by atoms with Gasteiger partial charge in [-0.15, -0.1) is 0 Å². The minimum Gasteiger partial charge on any atom is -0.394 e. The number of benzene rings is 1. The van der Waals surface area contributed by atoms with Gasteiger partial charge in [0.25, 0.3) is 0 Å². The lowest BCUT2D eigenvalue weighted by molar-refractivity contribution is -0.122. The molecule has 2 atom stereocenters. The van der Waals surface area contributed by atoms with Crippen LogP contribution in [0.4, 0.5) is 5.69 Å². The SMILES string of the molecule is O=C(NCC(O)CO)C1CNc2ccccc21. The van der Waals surface area contributed by atoms with Crippen molar-refractivity contribution in [3.8, 4) is 0 Å². The minimum absolute atomic E-state index is 0.0774. The molecule has 5 nitrogen and oxygen atoms in total. The third-order valence-corrected chi connectivity index (χ3v) is 2.87. The standard InChI is InChI=1S/C12H16N2O3/c15-7-8(16)5-14-12(17)10-6-13-11-4-2-1-3-9(10)11/h1-4,8,10,13,15-16H,5-7H2,(H,14,17). The van der Waals surface area contributed by atoms with Crippen molar-refractivity contribution >= 4 is 11.6 Å². The average Bonchev–Trinajstić information content (AvgIpc) is 2.79. The van der Waals surface area contributed by atoms with Gasteiger partial charge in [0.15, 0.2) is 0 Å². The molecular formula is C12H16N2O3. The number of anilines is 1. The number of hydrogen-bond acceptors (Lipinski definition) is 4. The average molecular weight is 236 g/mol. The molecule has 4 N–H and O–H groups in total. The lowest BCUT2D eigenvalue weighted by Gasteiger charge is -2.13. The molecule has 17 heavy (non-hydrogen) atoms. The largest absolute Gasteiger partial charge is 0.394 e. The molecule has 1 aliphatic heterocycles. The van der Waals surface area contributed by atoms with Gasteiger partial charge in [-0.05, 0) is 11.6 Å². The maximum atomic E-state index is 11.9. The molecule has 1 amide bonds. The van der Waals surface area contributed by atoms with Crippen LogP contribution in [-0.2, 0) is 4.79 Å². The number of carbonyl (C=O) groups is 1. The zero-order valence-corrected chi connectivity index (χ0v) is 9.39. The maximum absolute atomic E-state index is 11.9. The number of aliphatic hydroxyl groups is 2. The summed E-state index contributed by atoms with van der Waals surface area (Å²) >= 11 is 0. The predicted octanol–water partition coefficient (Wildman–Crippen LogP) is -0.335. The highest BCUT2D eigenvalue weighted by Gasteiger charge is 2.27. The molecular weight excluding hydrogens is 220 g/mol. The van der Waals surface area contributed by atoms with E-state index in [1.165, 1.54) is 0 Å². The van der Waals surface area contributed by atoms with Crippen molar-refractivity contribution in [1.82, 2.24) is 5.32 Å². The van der Waals surface area contributed by atoms with Crippen molar-refractivity contribution < 1.29 is 15.0 Å². The fourth-order valence-corrected chi connectivity index (χ4v) is 1.92. The summed E-state index contributed by atoms with van der Waals surface area (Å²) in [6.45, 7) is 0.300. The van der Waals surface area contributed by atoms with Crippen molar-refractivity contribution in [2.45, 2.75) is 12.0 Å². The van der Waals surface area contributed by atoms with Crippen LogP contribution in [0.3, 0.4) is 0 Å². The summed E-state index contributed by atoms with van der Waals surface area (Å²) in [5.74, 6) is -0.355. The van der Waals surface area contributed by atoms with Gasteiger partial charge in [-0.1, -0.05) is 18.2 Å². The van der Waals surface area contributed by atoms with E-state index >= 15 is 0 Å². The zero-order valence-electron chi connectivity index (χ0n) is 9.39. The molecule has 1 aliphatic rings. The van der Waals surface area contributed by atoms with E-state index in [0.29, 0.717) is 6.54 Å². The number of rotatable bonds is 4. The van der Waals surface area contributed by atoms with Gasteiger partial charge in [-0.25, -0.2) is 0 Å². The Bertz CT molecular complexity index is 408. The summed E-state index contributed by atoms with van der Waals surface area (Å²) in [6.07, 6.45) is -0.899. The predicted molar refractivity (Wildman–Crippen MR) is 63.8 cm³/mol. The van der Waals surface area contributed by atoms with E-state index in [-0.39, 0.29) is 25.0 Å². The number of carbonyl (C=O) groups excluding carboxylic acids is 1. The highest BCUT2D eigenvalue weighted by atomic mass is 16.3. The van der Waals surface area contributed by atoms with Crippen LogP contribution in [0.25, 0.3) is 0 Å². The Morgan fingerprint density at radius 2 is 2.29 bits per heavy atom. The van der Waals surface area contributed by atoms with Crippen LogP contribution in [0, 0.1) is 0 Å². The summed E-state index contributed by atoms with van der Waals surface area (Å²) in [6, 6.07) is 7.67. The van der Waals surface area contributed by atoms with Gasteiger partial charge >= 0.3 is 0 Å². The van der Waals surface area contributed by atoms with Gasteiger partial charge in [0, 0.05) is 18.8 Å². The maximum Gasteiger partial charge on any atom is 0.229 e. The zero-order chi connectivity index (χ0) is 12.3. The van der Waals surface area contributed by atoms with Gasteiger partial charge in [-0.2, -0.15) is 0 Å². The van der Waals surface area contributed by atoms with Crippen molar-refractivity contribution in [2.75, 3.05) is 25.0 Å². The second kappa shape index (κ2) is 5.16. The Morgan fingerprint density at radius 1 is 1.53 bits per heavy atom. The molecule has 0 fully saturated rings. The van der Waals surface area contributed by atoms with Crippen LogP contribution in [-0.4, -0.2) is 41.9 Å². The molecule has 0 spiro atoms. The molecule has 0 saturated carbocycles. The molecule has 0 saturated heterocycles. The fourth-order valence-electron chi connectivity index (χ4n) is 1.92. The molecule has 5 heteroatoms. The first kappa shape index (κ1) is 11.9. The minimum atomic E-state index is -0.899. The van der Waals surface area contributed by atoms with Crippen LogP contribution in [0.1, 0.15) is 11.5 Å². The quantitative estimate of drug-likeness (QED) is 0.577. The van der Waals surface area contributed by atoms with E-state index < -0.39 is 6.10 Å². The second-order valence-corrected chi connectivity index (χ2v) is 4.10. The number of aliphatic hydroxyl groups excluding tert-OH is 2. The lowest BCUT2D eigenvalue weighted by atomic mass is 10.0. The number of amides is 1. The van der Waals surface area contributed by atoms with E-state index in [9.17, 15) is 4.79 Å². The number of fused-ring (bicyclic) bond motifs is 1. The van der Waals surface area contributed by atoms with Gasteiger partial charge in [0.2, 0.25) is 5.91 Å². The van der Waals surface area contributed by atoms with Crippen molar-refractivity contribution in [3.63, 3.8) is 0 Å². The van der Waals surface area contributed by atoms with E-state index in [1.807, 2.05) is 24.3 Å². The van der Waals surface area contributed by atoms with Gasteiger partial charge < -0.3 is 20.8 Å². The van der Waals surface area contributed by atoms with E-state index in [4.69, 9.17) is 10.2 Å². The first-order chi connectivity index (χ1) is 8.22. The van der Waals surface area contributed by atoms with E-state index in [2.05, 4.69) is 10.6 Å². The Labute approximate surface area is 99.5 Å². The smallest absolute Gasteiger partial charge is 0.229 e. The Kier molecular flexibility index (Phi) is 3.61. The first-order valence-electron chi connectivity index (χ1n) is 5.62. The number of nitrogens with one attached hydrogen (secondary N) is 2. The van der Waals surface area contributed by atoms with Crippen molar-refractivity contribution in [3.05, 3.63) is 29.8 Å². The first-order valence-corrected chi connectivity index (χ1v) is 5.62. The molecule has 0 aromatic heterocycles. The van der Waals surface area contributed by atoms with E-state index in [1.54, 1.807) is 0 Å². The third kappa shape index (κ3) is 2.57. The molecule has 2 unspecified atom stereocenters. The Hall–Kier alpha value is -1.59. The normalized spacial score (nSPS) is 19.3. The summed E-state index contributed by atoms with van der Waals surface area (Å²) in [5, 5.41) is 23.6. The molecule has 1 heterocycles. The van der Waals surface area contributed by atoms with Crippen molar-refractivity contribution in [2.24, 2.45) is 0 Å². The Morgan fingerprint density at radius 3 is 3.06 bits per heavy atom. The number of para-hydroxylation sites is 1. The molecule has 0 aliphatic carbocycles. The van der Waals surface area contributed by atoms with Crippen LogP contribution in [0.5, 0.6) is 0 Å².